The van der Waals surface area contributed by atoms with Gasteiger partial charge in [-0.25, -0.2) is 0 Å². The van der Waals surface area contributed by atoms with E-state index in [4.69, 9.17) is 0 Å². The van der Waals surface area contributed by atoms with E-state index >= 15 is 0 Å². The molecule has 1 saturated heterocycles. The third kappa shape index (κ3) is 3.47. The van der Waals surface area contributed by atoms with Crippen molar-refractivity contribution in [2.45, 2.75) is 25.7 Å². The molecule has 3 heteroatoms. The molecule has 1 rings (SSSR count). The lowest BCUT2D eigenvalue weighted by molar-refractivity contribution is -0.120. The summed E-state index contributed by atoms with van der Waals surface area (Å²) >= 11 is 0. The summed E-state index contributed by atoms with van der Waals surface area (Å²) in [6.45, 7) is 0.888. The van der Waals surface area contributed by atoms with Crippen LogP contribution in [0.2, 0.25) is 0 Å². The van der Waals surface area contributed by atoms with Crippen molar-refractivity contribution in [3.63, 3.8) is 0 Å². The second-order valence-corrected chi connectivity index (χ2v) is 2.16. The summed E-state index contributed by atoms with van der Waals surface area (Å²) in [4.78, 5) is 10.6. The highest BCUT2D eigenvalue weighted by atomic mass is 31.0. The zero-order chi connectivity index (χ0) is 5.82. The van der Waals surface area contributed by atoms with Crippen LogP contribution in [-0.2, 0) is 4.79 Å². The second kappa shape index (κ2) is 4.75. The predicted molar refractivity (Wildman–Crippen MR) is 42.6 cm³/mol. The number of hydrogen-bond acceptors (Lipinski definition) is 1. The lowest BCUT2D eigenvalue weighted by Gasteiger charge is -1.93. The van der Waals surface area contributed by atoms with Crippen molar-refractivity contribution in [1.82, 2.24) is 5.32 Å². The summed E-state index contributed by atoms with van der Waals surface area (Å²) in [6, 6.07) is 0. The SMILES string of the molecule is O=C1CCCCCN1.P. The third-order valence-electron chi connectivity index (χ3n) is 1.40. The van der Waals surface area contributed by atoms with Crippen molar-refractivity contribution in [3.8, 4) is 0 Å². The predicted octanol–water partition coefficient (Wildman–Crippen LogP) is 0.735. The van der Waals surface area contributed by atoms with E-state index in [1.165, 1.54) is 6.42 Å². The van der Waals surface area contributed by atoms with E-state index in [-0.39, 0.29) is 15.8 Å². The van der Waals surface area contributed by atoms with Gasteiger partial charge in [-0.1, -0.05) is 6.42 Å². The zero-order valence-corrected chi connectivity index (χ0v) is 7.07. The van der Waals surface area contributed by atoms with E-state index in [0.29, 0.717) is 0 Å². The maximum atomic E-state index is 10.6. The normalized spacial score (nSPS) is 19.3. The standard InChI is InChI=1S/C6H11NO.H3P/c8-6-4-2-1-3-5-7-6;/h1-5H2,(H,7,8);1H3. The Morgan fingerprint density at radius 2 is 2.00 bits per heavy atom. The topological polar surface area (TPSA) is 29.1 Å². The smallest absolute Gasteiger partial charge is 0.219 e. The van der Waals surface area contributed by atoms with Crippen LogP contribution >= 0.6 is 9.90 Å². The highest BCUT2D eigenvalue weighted by Crippen LogP contribution is 2.02. The average Bonchev–Trinajstić information content (AvgIpc) is 1.94. The Labute approximate surface area is 59.0 Å². The molecule has 0 saturated carbocycles. The van der Waals surface area contributed by atoms with Gasteiger partial charge >= 0.3 is 0 Å². The van der Waals surface area contributed by atoms with Crippen molar-refractivity contribution in [2.24, 2.45) is 0 Å². The lowest BCUT2D eigenvalue weighted by Crippen LogP contribution is -2.21. The molecule has 1 N–H and O–H groups in total. The summed E-state index contributed by atoms with van der Waals surface area (Å²) < 4.78 is 0. The Bertz CT molecular complexity index is 85.1. The van der Waals surface area contributed by atoms with Gasteiger partial charge in [0.15, 0.2) is 0 Å². The number of nitrogens with one attached hydrogen (secondary N) is 1. The largest absolute Gasteiger partial charge is 0.356 e. The molecule has 1 unspecified atom stereocenters. The lowest BCUT2D eigenvalue weighted by atomic mass is 10.2. The number of carbonyl (C=O) groups excluding carboxylic acids is 1. The maximum absolute atomic E-state index is 10.6. The Kier molecular flexibility index (Phi) is 4.70. The quantitative estimate of drug-likeness (QED) is 0.503. The summed E-state index contributed by atoms with van der Waals surface area (Å²) in [5.41, 5.74) is 0. The first-order chi connectivity index (χ1) is 3.89. The average molecular weight is 147 g/mol. The van der Waals surface area contributed by atoms with Gasteiger partial charge in [0.1, 0.15) is 0 Å². The van der Waals surface area contributed by atoms with Crippen molar-refractivity contribution < 1.29 is 4.79 Å². The van der Waals surface area contributed by atoms with E-state index in [2.05, 4.69) is 5.32 Å². The number of carbonyl (C=O) groups is 1. The first-order valence-corrected chi connectivity index (χ1v) is 3.16. The minimum absolute atomic E-state index is 0. The van der Waals surface area contributed by atoms with Crippen LogP contribution < -0.4 is 5.32 Å². The fourth-order valence-corrected chi connectivity index (χ4v) is 0.904. The zero-order valence-electron chi connectivity index (χ0n) is 5.65. The molecule has 0 aromatic heterocycles. The molecule has 0 aromatic carbocycles. The Morgan fingerprint density at radius 3 is 2.78 bits per heavy atom. The van der Waals surface area contributed by atoms with E-state index in [1.807, 2.05) is 0 Å². The molecule has 0 bridgehead atoms. The van der Waals surface area contributed by atoms with Crippen LogP contribution in [-0.4, -0.2) is 12.5 Å². The van der Waals surface area contributed by atoms with E-state index in [9.17, 15) is 4.79 Å². The Morgan fingerprint density at radius 1 is 1.22 bits per heavy atom. The van der Waals surface area contributed by atoms with Crippen LogP contribution in [0.1, 0.15) is 25.7 Å². The number of rotatable bonds is 0. The monoisotopic (exact) mass is 147 g/mol. The van der Waals surface area contributed by atoms with E-state index in [1.54, 1.807) is 0 Å². The van der Waals surface area contributed by atoms with Gasteiger partial charge in [0.2, 0.25) is 5.91 Å². The summed E-state index contributed by atoms with van der Waals surface area (Å²) in [5.74, 6) is 0.225. The molecule has 0 radical (unpaired) electrons. The van der Waals surface area contributed by atoms with Gasteiger partial charge in [-0.05, 0) is 12.8 Å². The molecule has 9 heavy (non-hydrogen) atoms. The molecule has 2 nitrogen and oxygen atoms in total. The molecule has 1 fully saturated rings. The molecule has 1 aliphatic heterocycles. The summed E-state index contributed by atoms with van der Waals surface area (Å²) in [5, 5.41) is 2.81. The molecule has 0 aromatic rings. The van der Waals surface area contributed by atoms with Crippen molar-refractivity contribution in [2.75, 3.05) is 6.54 Å². The molecule has 1 atom stereocenters. The molecule has 0 aliphatic carbocycles. The van der Waals surface area contributed by atoms with Crippen LogP contribution in [0.5, 0.6) is 0 Å². The molecule has 54 valence electrons. The van der Waals surface area contributed by atoms with Crippen LogP contribution in [0.25, 0.3) is 0 Å². The van der Waals surface area contributed by atoms with Crippen LogP contribution in [0, 0.1) is 0 Å². The van der Waals surface area contributed by atoms with E-state index in [0.717, 1.165) is 25.8 Å². The molecule has 1 amide bonds. The van der Waals surface area contributed by atoms with Crippen LogP contribution in [0.3, 0.4) is 0 Å². The summed E-state index contributed by atoms with van der Waals surface area (Å²) in [7, 11) is 0. The van der Waals surface area contributed by atoms with Gasteiger partial charge in [-0.3, -0.25) is 4.79 Å². The minimum Gasteiger partial charge on any atom is -0.356 e. The fourth-order valence-electron chi connectivity index (χ4n) is 0.904. The van der Waals surface area contributed by atoms with Gasteiger partial charge in [0.05, 0.1) is 0 Å². The molecular weight excluding hydrogens is 133 g/mol. The van der Waals surface area contributed by atoms with E-state index < -0.39 is 0 Å². The van der Waals surface area contributed by atoms with Crippen molar-refractivity contribution in [3.05, 3.63) is 0 Å². The molecule has 0 spiro atoms. The molecule has 1 heterocycles. The third-order valence-corrected chi connectivity index (χ3v) is 1.40. The molecule has 1 aliphatic rings. The first-order valence-electron chi connectivity index (χ1n) is 3.16. The number of amides is 1. The maximum Gasteiger partial charge on any atom is 0.219 e. The highest BCUT2D eigenvalue weighted by molar-refractivity contribution is 6.92. The second-order valence-electron chi connectivity index (χ2n) is 2.16. The Hall–Kier alpha value is -0.100. The van der Waals surface area contributed by atoms with Gasteiger partial charge in [-0.15, -0.1) is 0 Å². The van der Waals surface area contributed by atoms with Gasteiger partial charge in [0, 0.05) is 13.0 Å². The van der Waals surface area contributed by atoms with Crippen LogP contribution in [0.15, 0.2) is 0 Å². The van der Waals surface area contributed by atoms with Crippen LogP contribution in [0.4, 0.5) is 0 Å². The van der Waals surface area contributed by atoms with Crippen molar-refractivity contribution in [1.29, 1.82) is 0 Å². The molecular formula is C6H14NOP. The first kappa shape index (κ1) is 8.90. The van der Waals surface area contributed by atoms with Crippen molar-refractivity contribution >= 4 is 15.8 Å². The van der Waals surface area contributed by atoms with Gasteiger partial charge in [0.25, 0.3) is 0 Å². The summed E-state index contributed by atoms with van der Waals surface area (Å²) in [6.07, 6.45) is 4.18. The number of hydrogen-bond donors (Lipinski definition) is 1. The van der Waals surface area contributed by atoms with Gasteiger partial charge in [-0.2, -0.15) is 9.90 Å². The Balaban J connectivity index is 0.000000640. The van der Waals surface area contributed by atoms with Gasteiger partial charge < -0.3 is 5.32 Å². The fraction of sp³-hybridized carbons (Fsp3) is 0.833. The minimum atomic E-state index is 0. The highest BCUT2D eigenvalue weighted by Gasteiger charge is 2.03.